The number of nitrogens with zero attached hydrogens (tertiary/aromatic N) is 2. The quantitative estimate of drug-likeness (QED) is 0.738. The van der Waals surface area contributed by atoms with E-state index in [1.807, 2.05) is 0 Å². The number of nitrogens with one attached hydrogen (secondary N) is 2. The van der Waals surface area contributed by atoms with Crippen molar-refractivity contribution in [1.29, 1.82) is 0 Å². The van der Waals surface area contributed by atoms with Crippen LogP contribution in [-0.4, -0.2) is 44.3 Å². The van der Waals surface area contributed by atoms with Crippen LogP contribution in [0.25, 0.3) is 0 Å². The molecule has 0 radical (unpaired) electrons. The molecule has 132 valence electrons. The fourth-order valence-electron chi connectivity index (χ4n) is 3.17. The van der Waals surface area contributed by atoms with Crippen LogP contribution in [0.5, 0.6) is 0 Å². The van der Waals surface area contributed by atoms with Crippen molar-refractivity contribution < 1.29 is 23.5 Å². The maximum atomic E-state index is 14.2. The van der Waals surface area contributed by atoms with Gasteiger partial charge in [-0.3, -0.25) is 14.3 Å². The maximum Gasteiger partial charge on any atom is 0.352 e. The molecule has 0 unspecified atom stereocenters. The summed E-state index contributed by atoms with van der Waals surface area (Å²) in [6.45, 7) is 0. The lowest BCUT2D eigenvalue weighted by Crippen LogP contribution is -2.63. The Bertz CT molecular complexity index is 657. The molecule has 2 aliphatic rings. The fraction of sp³-hybridized carbons (Fsp3) is 0.667. The first-order valence-electron chi connectivity index (χ1n) is 7.92. The Hall–Kier alpha value is -2.03. The van der Waals surface area contributed by atoms with Gasteiger partial charge in [0.15, 0.2) is 0 Å². The Labute approximate surface area is 137 Å². The number of carbonyl (C=O) groups is 2. The third-order valence-electron chi connectivity index (χ3n) is 4.85. The third kappa shape index (κ3) is 2.77. The molecule has 9 heteroatoms. The standard InChI is InChI=1S/C15H20F2N4O3/c1-21-8-9(7-18-21)12-10(3-4-11(22)20-12)19-13(23)15(16,17)14(24)5-2-6-14/h7-8,10,12,24H,2-6H2,1H3,(H,19,23)(H,20,22)/t10-,12+/m1/s1. The summed E-state index contributed by atoms with van der Waals surface area (Å²) in [7, 11) is 1.70. The second-order valence-electron chi connectivity index (χ2n) is 6.57. The minimum atomic E-state index is -3.85. The van der Waals surface area contributed by atoms with Gasteiger partial charge in [0.25, 0.3) is 5.91 Å². The molecule has 1 saturated heterocycles. The molecule has 1 aliphatic heterocycles. The molecule has 2 atom stereocenters. The second-order valence-corrected chi connectivity index (χ2v) is 6.57. The van der Waals surface area contributed by atoms with Crippen molar-refractivity contribution in [3.8, 4) is 0 Å². The van der Waals surface area contributed by atoms with Gasteiger partial charge >= 0.3 is 5.92 Å². The Balaban J connectivity index is 1.76. The van der Waals surface area contributed by atoms with E-state index in [1.54, 1.807) is 13.2 Å². The first-order chi connectivity index (χ1) is 11.2. The van der Waals surface area contributed by atoms with E-state index in [2.05, 4.69) is 15.7 Å². The first kappa shape index (κ1) is 16.8. The normalized spacial score (nSPS) is 26.4. The van der Waals surface area contributed by atoms with E-state index in [0.717, 1.165) is 0 Å². The molecule has 24 heavy (non-hydrogen) atoms. The van der Waals surface area contributed by atoms with Crippen molar-refractivity contribution in [2.75, 3.05) is 0 Å². The van der Waals surface area contributed by atoms with Crippen molar-refractivity contribution in [2.24, 2.45) is 7.05 Å². The predicted octanol–water partition coefficient (Wildman–Crippen LogP) is 0.406. The molecule has 7 nitrogen and oxygen atoms in total. The molecule has 1 aromatic heterocycles. The lowest BCUT2D eigenvalue weighted by molar-refractivity contribution is -0.216. The highest BCUT2D eigenvalue weighted by atomic mass is 19.3. The Morgan fingerprint density at radius 2 is 2.25 bits per heavy atom. The van der Waals surface area contributed by atoms with Crippen molar-refractivity contribution in [2.45, 2.75) is 55.7 Å². The van der Waals surface area contributed by atoms with E-state index in [-0.39, 0.29) is 31.6 Å². The van der Waals surface area contributed by atoms with Gasteiger partial charge in [-0.15, -0.1) is 0 Å². The topological polar surface area (TPSA) is 96.2 Å². The summed E-state index contributed by atoms with van der Waals surface area (Å²) in [6.07, 6.45) is 3.84. The van der Waals surface area contributed by atoms with Crippen LogP contribution in [0, 0.1) is 0 Å². The van der Waals surface area contributed by atoms with Gasteiger partial charge in [-0.05, 0) is 25.7 Å². The molecular formula is C15H20F2N4O3. The summed E-state index contributed by atoms with van der Waals surface area (Å²) in [6, 6.07) is -1.32. The largest absolute Gasteiger partial charge is 0.383 e. The number of aliphatic hydroxyl groups is 1. The molecule has 2 fully saturated rings. The van der Waals surface area contributed by atoms with Crippen molar-refractivity contribution in [3.63, 3.8) is 0 Å². The molecule has 0 spiro atoms. The van der Waals surface area contributed by atoms with Gasteiger partial charge < -0.3 is 15.7 Å². The van der Waals surface area contributed by atoms with Crippen LogP contribution in [-0.2, 0) is 16.6 Å². The first-order valence-corrected chi connectivity index (χ1v) is 7.92. The summed E-state index contributed by atoms with van der Waals surface area (Å²) in [4.78, 5) is 23.7. The smallest absolute Gasteiger partial charge is 0.352 e. The third-order valence-corrected chi connectivity index (χ3v) is 4.85. The summed E-state index contributed by atoms with van der Waals surface area (Å²) < 4.78 is 30.0. The number of halogens is 2. The van der Waals surface area contributed by atoms with Crippen LogP contribution in [0.4, 0.5) is 8.78 Å². The summed E-state index contributed by atoms with van der Waals surface area (Å²) in [5, 5.41) is 18.9. The molecule has 2 amide bonds. The highest BCUT2D eigenvalue weighted by molar-refractivity contribution is 5.86. The van der Waals surface area contributed by atoms with Gasteiger partial charge in [-0.1, -0.05) is 0 Å². The molecular weight excluding hydrogens is 322 g/mol. The highest BCUT2D eigenvalue weighted by Gasteiger charge is 2.61. The van der Waals surface area contributed by atoms with Crippen LogP contribution in [0.3, 0.4) is 0 Å². The molecule has 1 saturated carbocycles. The SMILES string of the molecule is Cn1cc([C@@H]2NC(=O)CC[C@H]2NC(=O)C(F)(F)C2(O)CCC2)cn1. The predicted molar refractivity (Wildman–Crippen MR) is 79.0 cm³/mol. The monoisotopic (exact) mass is 342 g/mol. The number of aryl methyl sites for hydroxylation is 1. The number of amides is 2. The Morgan fingerprint density at radius 3 is 2.79 bits per heavy atom. The lowest BCUT2D eigenvalue weighted by Gasteiger charge is -2.42. The number of carbonyl (C=O) groups excluding carboxylic acids is 2. The molecule has 3 rings (SSSR count). The zero-order chi connectivity index (χ0) is 17.5. The Kier molecular flexibility index (Phi) is 4.06. The van der Waals surface area contributed by atoms with E-state index >= 15 is 0 Å². The number of hydrogen-bond acceptors (Lipinski definition) is 4. The minimum Gasteiger partial charge on any atom is -0.383 e. The average Bonchev–Trinajstić information content (AvgIpc) is 2.92. The number of hydrogen-bond donors (Lipinski definition) is 3. The minimum absolute atomic E-state index is 0.0964. The van der Waals surface area contributed by atoms with E-state index in [0.29, 0.717) is 12.0 Å². The summed E-state index contributed by atoms with van der Waals surface area (Å²) >= 11 is 0. The van der Waals surface area contributed by atoms with Crippen LogP contribution in [0.1, 0.15) is 43.7 Å². The summed E-state index contributed by atoms with van der Waals surface area (Å²) in [5.74, 6) is -5.56. The van der Waals surface area contributed by atoms with Crippen molar-refractivity contribution in [3.05, 3.63) is 18.0 Å². The molecule has 1 aromatic rings. The van der Waals surface area contributed by atoms with Crippen LogP contribution >= 0.6 is 0 Å². The van der Waals surface area contributed by atoms with Gasteiger partial charge in [-0.25, -0.2) is 0 Å². The van der Waals surface area contributed by atoms with Crippen molar-refractivity contribution >= 4 is 11.8 Å². The second kappa shape index (κ2) is 5.80. The van der Waals surface area contributed by atoms with Gasteiger partial charge in [-0.2, -0.15) is 13.9 Å². The molecule has 1 aliphatic carbocycles. The fourth-order valence-corrected chi connectivity index (χ4v) is 3.17. The zero-order valence-corrected chi connectivity index (χ0v) is 13.3. The van der Waals surface area contributed by atoms with E-state index in [4.69, 9.17) is 0 Å². The molecule has 0 bridgehead atoms. The molecule has 3 N–H and O–H groups in total. The van der Waals surface area contributed by atoms with Gasteiger partial charge in [0, 0.05) is 25.2 Å². The van der Waals surface area contributed by atoms with Crippen molar-refractivity contribution in [1.82, 2.24) is 20.4 Å². The van der Waals surface area contributed by atoms with E-state index in [9.17, 15) is 23.5 Å². The number of alkyl halides is 2. The summed E-state index contributed by atoms with van der Waals surface area (Å²) in [5.41, 5.74) is -1.64. The van der Waals surface area contributed by atoms with E-state index < -0.39 is 29.5 Å². The lowest BCUT2D eigenvalue weighted by atomic mass is 9.75. The van der Waals surface area contributed by atoms with Gasteiger partial charge in [0.2, 0.25) is 5.91 Å². The van der Waals surface area contributed by atoms with Crippen LogP contribution in [0.2, 0.25) is 0 Å². The van der Waals surface area contributed by atoms with E-state index in [1.165, 1.54) is 10.9 Å². The van der Waals surface area contributed by atoms with Gasteiger partial charge in [0.05, 0.1) is 18.3 Å². The van der Waals surface area contributed by atoms with Gasteiger partial charge in [0.1, 0.15) is 5.60 Å². The van der Waals surface area contributed by atoms with Crippen LogP contribution in [0.15, 0.2) is 12.4 Å². The zero-order valence-electron chi connectivity index (χ0n) is 13.3. The molecule has 2 heterocycles. The maximum absolute atomic E-state index is 14.2. The van der Waals surface area contributed by atoms with Crippen LogP contribution < -0.4 is 10.6 Å². The molecule has 0 aromatic carbocycles. The number of piperidine rings is 1. The number of aromatic nitrogens is 2. The highest BCUT2D eigenvalue weighted by Crippen LogP contribution is 2.44. The number of rotatable bonds is 4. The average molecular weight is 342 g/mol. The Morgan fingerprint density at radius 1 is 1.54 bits per heavy atom.